The summed E-state index contributed by atoms with van der Waals surface area (Å²) in [5.41, 5.74) is 11.2. The monoisotopic (exact) mass is 320 g/mol. The van der Waals surface area contributed by atoms with Crippen molar-refractivity contribution in [1.29, 1.82) is 0 Å². The molecule has 0 saturated carbocycles. The lowest BCUT2D eigenvalue weighted by Gasteiger charge is -2.31. The molecule has 0 bridgehead atoms. The first-order chi connectivity index (χ1) is 10.1. The third-order valence-corrected chi connectivity index (χ3v) is 4.22. The quantitative estimate of drug-likeness (QED) is 0.946. The molecule has 22 heavy (non-hydrogen) atoms. The van der Waals surface area contributed by atoms with E-state index in [1.54, 1.807) is 0 Å². The van der Waals surface area contributed by atoms with Crippen LogP contribution >= 0.6 is 12.4 Å². The lowest BCUT2D eigenvalue weighted by molar-refractivity contribution is 0.202. The van der Waals surface area contributed by atoms with E-state index in [9.17, 15) is 0 Å². The van der Waals surface area contributed by atoms with Crippen LogP contribution in [0.2, 0.25) is 0 Å². The highest BCUT2D eigenvalue weighted by Crippen LogP contribution is 2.26. The smallest absolute Gasteiger partial charge is 0.0568 e. The van der Waals surface area contributed by atoms with Gasteiger partial charge in [0.15, 0.2) is 0 Å². The number of nitrogens with zero attached hydrogens (tertiary/aromatic N) is 3. The minimum Gasteiger partial charge on any atom is -0.327 e. The van der Waals surface area contributed by atoms with Gasteiger partial charge in [-0.2, -0.15) is 5.10 Å². The van der Waals surface area contributed by atoms with Gasteiger partial charge in [0, 0.05) is 37.9 Å². The summed E-state index contributed by atoms with van der Waals surface area (Å²) >= 11 is 0. The Morgan fingerprint density at radius 3 is 2.86 bits per heavy atom. The molecule has 1 aromatic carbocycles. The molecule has 1 saturated heterocycles. The number of piperidine rings is 1. The summed E-state index contributed by atoms with van der Waals surface area (Å²) in [5.74, 6) is 0. The Balaban J connectivity index is 0.00000176. The number of aryl methyl sites for hydroxylation is 2. The maximum atomic E-state index is 6.10. The molecule has 1 aliphatic rings. The molecular weight excluding hydrogens is 296 g/mol. The summed E-state index contributed by atoms with van der Waals surface area (Å²) in [5, 5.41) is 4.31. The van der Waals surface area contributed by atoms with Crippen molar-refractivity contribution < 1.29 is 0 Å². The molecule has 0 amide bonds. The predicted octanol–water partition coefficient (Wildman–Crippen LogP) is 2.74. The van der Waals surface area contributed by atoms with Crippen LogP contribution in [0, 0.1) is 6.92 Å². The number of hydrogen-bond donors (Lipinski definition) is 1. The summed E-state index contributed by atoms with van der Waals surface area (Å²) in [6.45, 7) is 5.26. The number of benzene rings is 1. The van der Waals surface area contributed by atoms with Crippen LogP contribution < -0.4 is 5.73 Å². The molecule has 1 fully saturated rings. The van der Waals surface area contributed by atoms with Gasteiger partial charge in [-0.15, -0.1) is 12.4 Å². The fourth-order valence-electron chi connectivity index (χ4n) is 3.13. The van der Waals surface area contributed by atoms with E-state index in [4.69, 9.17) is 5.73 Å². The van der Waals surface area contributed by atoms with E-state index in [1.165, 1.54) is 28.7 Å². The van der Waals surface area contributed by atoms with Gasteiger partial charge >= 0.3 is 0 Å². The lowest BCUT2D eigenvalue weighted by atomic mass is 9.98. The lowest BCUT2D eigenvalue weighted by Crippen LogP contribution is -2.42. The average molecular weight is 321 g/mol. The van der Waals surface area contributed by atoms with Gasteiger partial charge in [0.25, 0.3) is 0 Å². The van der Waals surface area contributed by atoms with E-state index in [0.29, 0.717) is 6.04 Å². The Labute approximate surface area is 138 Å². The third-order valence-electron chi connectivity index (χ3n) is 4.22. The minimum absolute atomic E-state index is 0. The van der Waals surface area contributed by atoms with E-state index in [0.717, 1.165) is 26.1 Å². The Bertz CT molecular complexity index is 623. The first-order valence-corrected chi connectivity index (χ1v) is 7.68. The second-order valence-electron chi connectivity index (χ2n) is 6.20. The van der Waals surface area contributed by atoms with Gasteiger partial charge in [-0.1, -0.05) is 23.8 Å². The number of halogens is 1. The van der Waals surface area contributed by atoms with Crippen molar-refractivity contribution in [2.24, 2.45) is 12.8 Å². The maximum absolute atomic E-state index is 6.10. The van der Waals surface area contributed by atoms with E-state index < -0.39 is 0 Å². The van der Waals surface area contributed by atoms with Gasteiger partial charge in [-0.05, 0) is 37.4 Å². The highest BCUT2D eigenvalue weighted by molar-refractivity contribution is 5.85. The van der Waals surface area contributed by atoms with Crippen LogP contribution in [0.5, 0.6) is 0 Å². The number of likely N-dealkylation sites (tertiary alicyclic amines) is 1. The molecule has 2 N–H and O–H groups in total. The zero-order chi connectivity index (χ0) is 14.8. The van der Waals surface area contributed by atoms with Crippen LogP contribution in [0.15, 0.2) is 30.6 Å². The van der Waals surface area contributed by atoms with Crippen molar-refractivity contribution in [3.63, 3.8) is 0 Å². The molecule has 0 radical (unpaired) electrons. The summed E-state index contributed by atoms with van der Waals surface area (Å²) in [6.07, 6.45) is 6.38. The van der Waals surface area contributed by atoms with Gasteiger partial charge in [0.2, 0.25) is 0 Å². The number of aromatic nitrogens is 2. The second kappa shape index (κ2) is 7.27. The first kappa shape index (κ1) is 17.0. The van der Waals surface area contributed by atoms with Crippen molar-refractivity contribution in [1.82, 2.24) is 14.7 Å². The standard InChI is InChI=1S/C17H24N4.ClH/c1-13-5-6-14(11-21-7-3-4-16(18)12-21)17(8-13)15-9-19-20(2)10-15;/h5-6,8-10,16H,3-4,7,11-12,18H2,1-2H3;1H. The first-order valence-electron chi connectivity index (χ1n) is 7.68. The van der Waals surface area contributed by atoms with Crippen LogP contribution in [-0.2, 0) is 13.6 Å². The molecule has 1 unspecified atom stereocenters. The molecule has 0 spiro atoms. The molecule has 2 aromatic rings. The van der Waals surface area contributed by atoms with E-state index >= 15 is 0 Å². The SMILES string of the molecule is Cc1ccc(CN2CCCC(N)C2)c(-c2cnn(C)c2)c1.Cl. The Hall–Kier alpha value is -1.36. The third kappa shape index (κ3) is 3.88. The summed E-state index contributed by atoms with van der Waals surface area (Å²) in [7, 11) is 1.96. The highest BCUT2D eigenvalue weighted by Gasteiger charge is 2.18. The van der Waals surface area contributed by atoms with Gasteiger partial charge in [-0.25, -0.2) is 0 Å². The van der Waals surface area contributed by atoms with E-state index in [1.807, 2.05) is 17.9 Å². The molecule has 4 nitrogen and oxygen atoms in total. The topological polar surface area (TPSA) is 47.1 Å². The Kier molecular flexibility index (Phi) is 5.62. The van der Waals surface area contributed by atoms with Crippen LogP contribution in [0.1, 0.15) is 24.0 Å². The van der Waals surface area contributed by atoms with Crippen LogP contribution in [0.4, 0.5) is 0 Å². The Morgan fingerprint density at radius 1 is 1.36 bits per heavy atom. The molecular formula is C17H25ClN4. The molecule has 3 rings (SSSR count). The van der Waals surface area contributed by atoms with Gasteiger partial charge in [-0.3, -0.25) is 9.58 Å². The number of nitrogens with two attached hydrogens (primary N) is 1. The molecule has 5 heteroatoms. The molecule has 2 heterocycles. The van der Waals surface area contributed by atoms with Crippen molar-refractivity contribution >= 4 is 12.4 Å². The minimum atomic E-state index is 0. The largest absolute Gasteiger partial charge is 0.327 e. The number of hydrogen-bond acceptors (Lipinski definition) is 3. The van der Waals surface area contributed by atoms with Crippen LogP contribution in [0.3, 0.4) is 0 Å². The second-order valence-corrected chi connectivity index (χ2v) is 6.20. The highest BCUT2D eigenvalue weighted by atomic mass is 35.5. The summed E-state index contributed by atoms with van der Waals surface area (Å²) in [4.78, 5) is 2.47. The molecule has 1 aromatic heterocycles. The fraction of sp³-hybridized carbons (Fsp3) is 0.471. The maximum Gasteiger partial charge on any atom is 0.0568 e. The Morgan fingerprint density at radius 2 is 2.18 bits per heavy atom. The predicted molar refractivity (Wildman–Crippen MR) is 93.1 cm³/mol. The molecule has 1 atom stereocenters. The fourth-order valence-corrected chi connectivity index (χ4v) is 3.13. The van der Waals surface area contributed by atoms with Crippen LogP contribution in [0.25, 0.3) is 11.1 Å². The van der Waals surface area contributed by atoms with E-state index in [2.05, 4.69) is 41.3 Å². The summed E-state index contributed by atoms with van der Waals surface area (Å²) < 4.78 is 1.86. The molecule has 1 aliphatic heterocycles. The zero-order valence-electron chi connectivity index (χ0n) is 13.3. The van der Waals surface area contributed by atoms with Gasteiger partial charge in [0.05, 0.1) is 6.20 Å². The van der Waals surface area contributed by atoms with Crippen molar-refractivity contribution in [3.8, 4) is 11.1 Å². The molecule has 120 valence electrons. The molecule has 0 aliphatic carbocycles. The van der Waals surface area contributed by atoms with Crippen LogP contribution in [-0.4, -0.2) is 33.8 Å². The van der Waals surface area contributed by atoms with Crippen molar-refractivity contribution in [2.75, 3.05) is 13.1 Å². The normalized spacial score (nSPS) is 19.0. The van der Waals surface area contributed by atoms with Gasteiger partial charge < -0.3 is 5.73 Å². The summed E-state index contributed by atoms with van der Waals surface area (Å²) in [6, 6.07) is 7.03. The van der Waals surface area contributed by atoms with Gasteiger partial charge in [0.1, 0.15) is 0 Å². The van der Waals surface area contributed by atoms with Crippen molar-refractivity contribution in [3.05, 3.63) is 41.7 Å². The average Bonchev–Trinajstić information content (AvgIpc) is 2.87. The van der Waals surface area contributed by atoms with Crippen molar-refractivity contribution in [2.45, 2.75) is 32.4 Å². The zero-order valence-corrected chi connectivity index (χ0v) is 14.1. The van der Waals surface area contributed by atoms with E-state index in [-0.39, 0.29) is 12.4 Å². The number of rotatable bonds is 3.